The number of nitrogens with one attached hydrogen (secondary N) is 1. The molecule has 0 radical (unpaired) electrons. The molecule has 3 heterocycles. The quantitative estimate of drug-likeness (QED) is 0.768. The Morgan fingerprint density at radius 3 is 2.90 bits per heavy atom. The summed E-state index contributed by atoms with van der Waals surface area (Å²) in [6.45, 7) is 5.32. The fourth-order valence-electron chi connectivity index (χ4n) is 4.02. The molecule has 6 nitrogen and oxygen atoms in total. The maximum atomic E-state index is 12.3. The van der Waals surface area contributed by atoms with E-state index in [4.69, 9.17) is 10.00 Å². The third kappa shape index (κ3) is 4.19. The molecule has 150 valence electrons. The second-order valence-electron chi connectivity index (χ2n) is 7.60. The van der Waals surface area contributed by atoms with E-state index in [-0.39, 0.29) is 17.9 Å². The van der Waals surface area contributed by atoms with Gasteiger partial charge in [0.2, 0.25) is 0 Å². The Morgan fingerprint density at radius 2 is 2.17 bits per heavy atom. The predicted molar refractivity (Wildman–Crippen MR) is 110 cm³/mol. The first-order chi connectivity index (χ1) is 14.0. The van der Waals surface area contributed by atoms with E-state index in [1.807, 2.05) is 12.1 Å². The normalized spacial score (nSPS) is 16.9. The number of cyclic esters (lactones) is 1. The zero-order valence-corrected chi connectivity index (χ0v) is 17.2. The van der Waals surface area contributed by atoms with Crippen LogP contribution in [0.2, 0.25) is 0 Å². The van der Waals surface area contributed by atoms with E-state index in [1.54, 1.807) is 11.4 Å². The Hall–Kier alpha value is -2.69. The topological polar surface area (TPSA) is 82.4 Å². The predicted octanol–water partition coefficient (Wildman–Crippen LogP) is 3.04. The lowest BCUT2D eigenvalue weighted by molar-refractivity contribution is 0.0534. The van der Waals surface area contributed by atoms with Gasteiger partial charge < -0.3 is 15.0 Å². The molecular weight excluding hydrogens is 386 g/mol. The fraction of sp³-hybridized carbons (Fsp3) is 0.409. The highest BCUT2D eigenvalue weighted by atomic mass is 32.1. The van der Waals surface area contributed by atoms with Gasteiger partial charge in [-0.3, -0.25) is 4.79 Å². The maximum Gasteiger partial charge on any atom is 0.338 e. The van der Waals surface area contributed by atoms with Crippen molar-refractivity contribution in [2.24, 2.45) is 0 Å². The second-order valence-corrected chi connectivity index (χ2v) is 8.51. The third-order valence-corrected chi connectivity index (χ3v) is 6.78. The number of hydrogen-bond acceptors (Lipinski definition) is 6. The van der Waals surface area contributed by atoms with Crippen molar-refractivity contribution in [2.45, 2.75) is 38.8 Å². The lowest BCUT2D eigenvalue weighted by Crippen LogP contribution is -2.45. The molecule has 0 bridgehead atoms. The lowest BCUT2D eigenvalue weighted by Gasteiger charge is -2.32. The number of fused-ring (bicyclic) bond motifs is 1. The highest BCUT2D eigenvalue weighted by molar-refractivity contribution is 7.12. The molecule has 1 N–H and O–H groups in total. The lowest BCUT2D eigenvalue weighted by atomic mass is 9.96. The molecule has 2 aliphatic rings. The number of amides is 1. The first-order valence-corrected chi connectivity index (χ1v) is 10.7. The summed E-state index contributed by atoms with van der Waals surface area (Å²) in [6.07, 6.45) is 2.79. The standard InChI is InChI=1S/C22H23N3O3S/c1-14-16(2-3-18-19(14)12-28-22(18)27)4-7-25-8-5-17(6-9-25)24-21(26)20-10-15(11-23)13-29-20/h2-3,10,13,17H,4-9,12H2,1H3,(H,24,26). The summed E-state index contributed by atoms with van der Waals surface area (Å²) in [6, 6.07) is 7.81. The number of likely N-dealkylation sites (tertiary alicyclic amines) is 1. The van der Waals surface area contributed by atoms with Crippen molar-refractivity contribution in [1.82, 2.24) is 10.2 Å². The van der Waals surface area contributed by atoms with Gasteiger partial charge in [-0.15, -0.1) is 11.3 Å². The van der Waals surface area contributed by atoms with E-state index in [1.165, 1.54) is 22.5 Å². The zero-order valence-electron chi connectivity index (χ0n) is 16.4. The molecule has 29 heavy (non-hydrogen) atoms. The van der Waals surface area contributed by atoms with Gasteiger partial charge in [0.1, 0.15) is 12.7 Å². The molecule has 0 saturated carbocycles. The fourth-order valence-corrected chi connectivity index (χ4v) is 4.75. The zero-order chi connectivity index (χ0) is 20.4. The van der Waals surface area contributed by atoms with Crippen LogP contribution in [0.5, 0.6) is 0 Å². The van der Waals surface area contributed by atoms with Crippen LogP contribution in [0.25, 0.3) is 0 Å². The molecule has 7 heteroatoms. The SMILES string of the molecule is Cc1c(CCN2CCC(NC(=O)c3cc(C#N)cs3)CC2)ccc2c1COC2=O. The number of hydrogen-bond donors (Lipinski definition) is 1. The summed E-state index contributed by atoms with van der Waals surface area (Å²) in [5.41, 5.74) is 4.71. The van der Waals surface area contributed by atoms with Crippen molar-refractivity contribution in [3.05, 3.63) is 56.3 Å². The number of thiophene rings is 1. The van der Waals surface area contributed by atoms with E-state index in [0.717, 1.165) is 44.5 Å². The van der Waals surface area contributed by atoms with Gasteiger partial charge in [0.25, 0.3) is 5.91 Å². The molecule has 1 aromatic carbocycles. The van der Waals surface area contributed by atoms with E-state index in [0.29, 0.717) is 22.6 Å². The van der Waals surface area contributed by atoms with E-state index in [2.05, 4.69) is 23.2 Å². The molecule has 0 spiro atoms. The largest absolute Gasteiger partial charge is 0.457 e. The number of carbonyl (C=O) groups excluding carboxylic acids is 2. The summed E-state index contributed by atoms with van der Waals surface area (Å²) in [4.78, 5) is 27.0. The van der Waals surface area contributed by atoms with Gasteiger partial charge in [-0.05, 0) is 49.4 Å². The van der Waals surface area contributed by atoms with Crippen molar-refractivity contribution in [3.8, 4) is 6.07 Å². The molecule has 1 fully saturated rings. The monoisotopic (exact) mass is 409 g/mol. The van der Waals surface area contributed by atoms with Gasteiger partial charge in [-0.25, -0.2) is 4.79 Å². The Morgan fingerprint density at radius 1 is 1.38 bits per heavy atom. The number of esters is 1. The summed E-state index contributed by atoms with van der Waals surface area (Å²) < 4.78 is 5.14. The Kier molecular flexibility index (Phi) is 5.65. The number of nitrogens with zero attached hydrogens (tertiary/aromatic N) is 2. The molecule has 2 aliphatic heterocycles. The third-order valence-electron chi connectivity index (χ3n) is 5.85. The van der Waals surface area contributed by atoms with Crippen LogP contribution >= 0.6 is 11.3 Å². The minimum atomic E-state index is -0.217. The van der Waals surface area contributed by atoms with Crippen molar-refractivity contribution in [1.29, 1.82) is 5.26 Å². The Balaban J connectivity index is 1.26. The first-order valence-electron chi connectivity index (χ1n) is 9.85. The molecular formula is C22H23N3O3S. The van der Waals surface area contributed by atoms with Crippen LogP contribution in [0.1, 0.15) is 55.1 Å². The smallest absolute Gasteiger partial charge is 0.338 e. The summed E-state index contributed by atoms with van der Waals surface area (Å²) in [5, 5.41) is 13.7. The van der Waals surface area contributed by atoms with Gasteiger partial charge in [-0.1, -0.05) is 6.07 Å². The average Bonchev–Trinajstić information content (AvgIpc) is 3.36. The van der Waals surface area contributed by atoms with Crippen LogP contribution in [0.15, 0.2) is 23.6 Å². The Bertz CT molecular complexity index is 984. The number of carbonyl (C=O) groups is 2. The minimum absolute atomic E-state index is 0.0829. The molecule has 0 aliphatic carbocycles. The maximum absolute atomic E-state index is 12.3. The Labute approximate surface area is 174 Å². The van der Waals surface area contributed by atoms with E-state index >= 15 is 0 Å². The summed E-state index contributed by atoms with van der Waals surface area (Å²) >= 11 is 1.31. The van der Waals surface area contributed by atoms with E-state index < -0.39 is 0 Å². The average molecular weight is 410 g/mol. The molecule has 2 aromatic rings. The molecule has 1 amide bonds. The molecule has 1 saturated heterocycles. The second kappa shape index (κ2) is 8.36. The number of benzene rings is 1. The van der Waals surface area contributed by atoms with Crippen LogP contribution in [-0.4, -0.2) is 42.5 Å². The van der Waals surface area contributed by atoms with Crippen LogP contribution in [0.4, 0.5) is 0 Å². The number of nitriles is 1. The molecule has 0 atom stereocenters. The highest BCUT2D eigenvalue weighted by Crippen LogP contribution is 2.26. The van der Waals surface area contributed by atoms with E-state index in [9.17, 15) is 9.59 Å². The van der Waals surface area contributed by atoms with Gasteiger partial charge in [0, 0.05) is 36.6 Å². The number of rotatable bonds is 5. The van der Waals surface area contributed by atoms with Gasteiger partial charge in [0.05, 0.1) is 16.0 Å². The van der Waals surface area contributed by atoms with Crippen molar-refractivity contribution in [3.63, 3.8) is 0 Å². The number of piperidine rings is 1. The molecule has 0 unspecified atom stereocenters. The van der Waals surface area contributed by atoms with Crippen LogP contribution < -0.4 is 5.32 Å². The molecule has 1 aromatic heterocycles. The van der Waals surface area contributed by atoms with Crippen LogP contribution in [0.3, 0.4) is 0 Å². The van der Waals surface area contributed by atoms with Gasteiger partial charge in [0.15, 0.2) is 0 Å². The summed E-state index contributed by atoms with van der Waals surface area (Å²) in [5.74, 6) is -0.300. The molecule has 4 rings (SSSR count). The van der Waals surface area contributed by atoms with Crippen LogP contribution in [0, 0.1) is 18.3 Å². The van der Waals surface area contributed by atoms with Gasteiger partial charge in [-0.2, -0.15) is 5.26 Å². The van der Waals surface area contributed by atoms with Crippen molar-refractivity contribution >= 4 is 23.2 Å². The number of ether oxygens (including phenoxy) is 1. The highest BCUT2D eigenvalue weighted by Gasteiger charge is 2.25. The first kappa shape index (κ1) is 19.6. The van der Waals surface area contributed by atoms with Crippen molar-refractivity contribution < 1.29 is 14.3 Å². The minimum Gasteiger partial charge on any atom is -0.457 e. The summed E-state index contributed by atoms with van der Waals surface area (Å²) in [7, 11) is 0. The van der Waals surface area contributed by atoms with Crippen molar-refractivity contribution in [2.75, 3.05) is 19.6 Å². The van der Waals surface area contributed by atoms with Gasteiger partial charge >= 0.3 is 5.97 Å². The van der Waals surface area contributed by atoms with Crippen LogP contribution in [-0.2, 0) is 17.8 Å².